The number of piperazine rings is 1. The summed E-state index contributed by atoms with van der Waals surface area (Å²) in [6.45, 7) is 5.86. The maximum Gasteiger partial charge on any atom is 0.128 e. The van der Waals surface area contributed by atoms with Gasteiger partial charge in [-0.05, 0) is 35.4 Å². The lowest BCUT2D eigenvalue weighted by Crippen LogP contribution is -2.45. The number of hydrogen-bond donors (Lipinski definition) is 1. The maximum atomic E-state index is 14.3. The van der Waals surface area contributed by atoms with Gasteiger partial charge in [0.15, 0.2) is 0 Å². The van der Waals surface area contributed by atoms with Gasteiger partial charge < -0.3 is 5.32 Å². The number of thiophene rings is 1. The van der Waals surface area contributed by atoms with Gasteiger partial charge in [-0.1, -0.05) is 17.7 Å². The van der Waals surface area contributed by atoms with E-state index in [9.17, 15) is 4.39 Å². The van der Waals surface area contributed by atoms with Crippen LogP contribution in [0.1, 0.15) is 22.7 Å². The van der Waals surface area contributed by atoms with Crippen LogP contribution in [0.2, 0.25) is 0 Å². The zero-order valence-corrected chi connectivity index (χ0v) is 12.4. The molecule has 3 rings (SSSR count). The van der Waals surface area contributed by atoms with Crippen molar-refractivity contribution in [1.82, 2.24) is 10.2 Å². The number of benzene rings is 1. The van der Waals surface area contributed by atoms with Gasteiger partial charge in [-0.3, -0.25) is 4.90 Å². The molecule has 1 saturated heterocycles. The molecule has 0 amide bonds. The standard InChI is InChI=1S/C16H19FN2S/c1-12-2-3-15(17)14(10-12)16(13-4-9-20-11-13)19-7-5-18-6-8-19/h2-4,9-11,16,18H,5-8H2,1H3/t16-/m1/s1. The lowest BCUT2D eigenvalue weighted by molar-refractivity contribution is 0.195. The average molecular weight is 290 g/mol. The summed E-state index contributed by atoms with van der Waals surface area (Å²) in [5.74, 6) is -0.106. The second kappa shape index (κ2) is 6.04. The molecule has 0 bridgehead atoms. The molecule has 0 unspecified atom stereocenters. The monoisotopic (exact) mass is 290 g/mol. The first-order valence-electron chi connectivity index (χ1n) is 6.98. The van der Waals surface area contributed by atoms with Crippen molar-refractivity contribution < 1.29 is 4.39 Å². The summed E-state index contributed by atoms with van der Waals surface area (Å²) in [7, 11) is 0. The van der Waals surface area contributed by atoms with Crippen molar-refractivity contribution in [3.05, 3.63) is 57.5 Å². The quantitative estimate of drug-likeness (QED) is 0.934. The molecule has 4 heteroatoms. The summed E-state index contributed by atoms with van der Waals surface area (Å²) in [6.07, 6.45) is 0. The van der Waals surface area contributed by atoms with E-state index in [-0.39, 0.29) is 11.9 Å². The van der Waals surface area contributed by atoms with Crippen LogP contribution in [0.4, 0.5) is 4.39 Å². The van der Waals surface area contributed by atoms with Gasteiger partial charge in [-0.15, -0.1) is 0 Å². The molecule has 20 heavy (non-hydrogen) atoms. The second-order valence-electron chi connectivity index (χ2n) is 5.27. The molecule has 1 aliphatic rings. The van der Waals surface area contributed by atoms with Gasteiger partial charge in [0, 0.05) is 31.7 Å². The van der Waals surface area contributed by atoms with Crippen molar-refractivity contribution in [2.24, 2.45) is 0 Å². The average Bonchev–Trinajstić information content (AvgIpc) is 2.98. The van der Waals surface area contributed by atoms with E-state index in [0.717, 1.165) is 37.3 Å². The van der Waals surface area contributed by atoms with Crippen LogP contribution >= 0.6 is 11.3 Å². The fraction of sp³-hybridized carbons (Fsp3) is 0.375. The van der Waals surface area contributed by atoms with E-state index in [1.165, 1.54) is 5.56 Å². The topological polar surface area (TPSA) is 15.3 Å². The van der Waals surface area contributed by atoms with Crippen LogP contribution in [0.15, 0.2) is 35.0 Å². The maximum absolute atomic E-state index is 14.3. The van der Waals surface area contributed by atoms with Crippen LogP contribution in [0.25, 0.3) is 0 Å². The lowest BCUT2D eigenvalue weighted by Gasteiger charge is -2.35. The van der Waals surface area contributed by atoms with Crippen LogP contribution in [0.3, 0.4) is 0 Å². The number of hydrogen-bond acceptors (Lipinski definition) is 3. The molecule has 2 nitrogen and oxygen atoms in total. The fourth-order valence-corrected chi connectivity index (χ4v) is 3.51. The van der Waals surface area contributed by atoms with E-state index in [2.05, 4.69) is 27.0 Å². The number of rotatable bonds is 3. The van der Waals surface area contributed by atoms with Gasteiger partial charge in [-0.25, -0.2) is 4.39 Å². The largest absolute Gasteiger partial charge is 0.314 e. The first-order chi connectivity index (χ1) is 9.75. The van der Waals surface area contributed by atoms with E-state index in [4.69, 9.17) is 0 Å². The van der Waals surface area contributed by atoms with Crippen molar-refractivity contribution in [2.45, 2.75) is 13.0 Å². The van der Waals surface area contributed by atoms with Gasteiger partial charge in [0.25, 0.3) is 0 Å². The molecule has 1 aromatic heterocycles. The van der Waals surface area contributed by atoms with Crippen molar-refractivity contribution in [3.63, 3.8) is 0 Å². The molecule has 106 valence electrons. The van der Waals surface area contributed by atoms with Crippen LogP contribution in [-0.2, 0) is 0 Å². The highest BCUT2D eigenvalue weighted by Gasteiger charge is 2.26. The van der Waals surface area contributed by atoms with Crippen molar-refractivity contribution in [1.29, 1.82) is 0 Å². The molecule has 1 aliphatic heterocycles. The Kier molecular flexibility index (Phi) is 4.15. The van der Waals surface area contributed by atoms with Crippen LogP contribution in [0.5, 0.6) is 0 Å². The highest BCUT2D eigenvalue weighted by atomic mass is 32.1. The Balaban J connectivity index is 2.02. The minimum Gasteiger partial charge on any atom is -0.314 e. The number of halogens is 1. The Hall–Kier alpha value is -1.23. The van der Waals surface area contributed by atoms with E-state index in [1.54, 1.807) is 17.4 Å². The first-order valence-corrected chi connectivity index (χ1v) is 7.93. The molecule has 0 spiro atoms. The van der Waals surface area contributed by atoms with Gasteiger partial charge in [-0.2, -0.15) is 11.3 Å². The van der Waals surface area contributed by atoms with Gasteiger partial charge in [0.05, 0.1) is 6.04 Å². The predicted octanol–water partition coefficient (Wildman–Crippen LogP) is 3.19. The summed E-state index contributed by atoms with van der Waals surface area (Å²) < 4.78 is 14.3. The Bertz CT molecular complexity index is 562. The SMILES string of the molecule is Cc1ccc(F)c([C@@H](c2ccsc2)N2CCNCC2)c1. The van der Waals surface area contributed by atoms with E-state index in [1.807, 2.05) is 19.1 Å². The Morgan fingerprint density at radius 2 is 2.05 bits per heavy atom. The molecular formula is C16H19FN2S. The van der Waals surface area contributed by atoms with E-state index in [0.29, 0.717) is 0 Å². The third kappa shape index (κ3) is 2.77. The van der Waals surface area contributed by atoms with Crippen LogP contribution in [-0.4, -0.2) is 31.1 Å². The summed E-state index contributed by atoms with van der Waals surface area (Å²) >= 11 is 1.67. The van der Waals surface area contributed by atoms with Crippen LogP contribution in [0, 0.1) is 12.7 Å². The summed E-state index contributed by atoms with van der Waals surface area (Å²) in [6, 6.07) is 7.55. The molecule has 1 N–H and O–H groups in total. The molecule has 0 radical (unpaired) electrons. The smallest absolute Gasteiger partial charge is 0.128 e. The second-order valence-corrected chi connectivity index (χ2v) is 6.05. The molecular weight excluding hydrogens is 271 g/mol. The van der Waals surface area contributed by atoms with Crippen LogP contribution < -0.4 is 5.32 Å². The zero-order chi connectivity index (χ0) is 13.9. The molecule has 2 heterocycles. The summed E-state index contributed by atoms with van der Waals surface area (Å²) in [4.78, 5) is 2.37. The first kappa shape index (κ1) is 13.7. The molecule has 0 aliphatic carbocycles. The number of nitrogens with zero attached hydrogens (tertiary/aromatic N) is 1. The molecule has 1 atom stereocenters. The predicted molar refractivity (Wildman–Crippen MR) is 81.7 cm³/mol. The fourth-order valence-electron chi connectivity index (χ4n) is 2.83. The Morgan fingerprint density at radius 3 is 2.75 bits per heavy atom. The Morgan fingerprint density at radius 1 is 1.25 bits per heavy atom. The highest BCUT2D eigenvalue weighted by molar-refractivity contribution is 7.08. The summed E-state index contributed by atoms with van der Waals surface area (Å²) in [5.41, 5.74) is 3.10. The summed E-state index contributed by atoms with van der Waals surface area (Å²) in [5, 5.41) is 7.56. The highest BCUT2D eigenvalue weighted by Crippen LogP contribution is 2.32. The van der Waals surface area contributed by atoms with Crippen molar-refractivity contribution >= 4 is 11.3 Å². The Labute approximate surface area is 123 Å². The third-order valence-corrected chi connectivity index (χ3v) is 4.52. The zero-order valence-electron chi connectivity index (χ0n) is 11.6. The van der Waals surface area contributed by atoms with E-state index >= 15 is 0 Å². The lowest BCUT2D eigenvalue weighted by atomic mass is 9.96. The van der Waals surface area contributed by atoms with Gasteiger partial charge in [0.1, 0.15) is 5.82 Å². The van der Waals surface area contributed by atoms with Crippen molar-refractivity contribution in [3.8, 4) is 0 Å². The molecule has 1 fully saturated rings. The molecule has 2 aromatic rings. The number of aryl methyl sites for hydroxylation is 1. The molecule has 1 aromatic carbocycles. The molecule has 0 saturated carbocycles. The number of nitrogens with one attached hydrogen (secondary N) is 1. The van der Waals surface area contributed by atoms with Crippen molar-refractivity contribution in [2.75, 3.05) is 26.2 Å². The minimum absolute atomic E-state index is 0.0308. The van der Waals surface area contributed by atoms with Gasteiger partial charge in [0.2, 0.25) is 0 Å². The van der Waals surface area contributed by atoms with E-state index < -0.39 is 0 Å². The third-order valence-electron chi connectivity index (χ3n) is 3.82. The minimum atomic E-state index is -0.106. The normalized spacial score (nSPS) is 18.1. The van der Waals surface area contributed by atoms with Gasteiger partial charge >= 0.3 is 0 Å².